The number of H-pyrrole nitrogens is 2. The number of aromatic nitrogens is 5. The molecule has 2 atom stereocenters. The van der Waals surface area contributed by atoms with Crippen molar-refractivity contribution in [2.45, 2.75) is 55.0 Å². The van der Waals surface area contributed by atoms with Gasteiger partial charge in [0.2, 0.25) is 11.9 Å². The van der Waals surface area contributed by atoms with Crippen LogP contribution < -0.4 is 16.1 Å². The molecule has 11 heteroatoms. The summed E-state index contributed by atoms with van der Waals surface area (Å²) in [4.78, 5) is 47.6. The Labute approximate surface area is 213 Å². The lowest BCUT2D eigenvalue weighted by molar-refractivity contribution is -0.120. The molecular weight excluding hydrogens is 494 g/mol. The number of carbonyl (C=O) groups excluding carboxylic acids is 1. The van der Waals surface area contributed by atoms with E-state index >= 15 is 0 Å². The van der Waals surface area contributed by atoms with Gasteiger partial charge in [-0.2, -0.15) is 14.0 Å². The van der Waals surface area contributed by atoms with Gasteiger partial charge in [-0.25, -0.2) is 14.2 Å². The van der Waals surface area contributed by atoms with E-state index in [0.717, 1.165) is 52.4 Å². The van der Waals surface area contributed by atoms with Crippen LogP contribution in [-0.4, -0.2) is 42.7 Å². The molecule has 3 fully saturated rings. The quantitative estimate of drug-likeness (QED) is 0.423. The topological polar surface area (TPSA) is 116 Å². The number of aromatic amines is 2. The highest BCUT2D eigenvalue weighted by atomic mass is 19.1. The van der Waals surface area contributed by atoms with E-state index in [0.29, 0.717) is 18.5 Å². The average molecular weight is 517 g/mol. The predicted octanol–water partition coefficient (Wildman–Crippen LogP) is 3.06. The SMILES string of the molecule is O=C1N(CC2(F)CC2)c2cc([C@H]3CC3c3cc(-c4c[nH]c(=O)[nH]c4=O)nn4c(F)cnc34)ccc2C12CC2. The van der Waals surface area contributed by atoms with E-state index in [1.54, 1.807) is 11.0 Å². The Morgan fingerprint density at radius 1 is 1.08 bits per heavy atom. The normalized spacial score (nSPS) is 23.7. The van der Waals surface area contributed by atoms with Gasteiger partial charge in [0.15, 0.2) is 5.65 Å². The van der Waals surface area contributed by atoms with Crippen molar-refractivity contribution in [3.05, 3.63) is 80.1 Å². The molecule has 4 heterocycles. The third-order valence-electron chi connectivity index (χ3n) is 8.63. The van der Waals surface area contributed by atoms with Crippen molar-refractivity contribution < 1.29 is 13.6 Å². The molecule has 192 valence electrons. The van der Waals surface area contributed by atoms with E-state index in [1.807, 2.05) is 18.2 Å². The molecule has 4 aromatic rings. The molecule has 3 aliphatic carbocycles. The van der Waals surface area contributed by atoms with Gasteiger partial charge in [-0.3, -0.25) is 14.6 Å². The Balaban J connectivity index is 1.18. The largest absolute Gasteiger partial charge is 0.325 e. The van der Waals surface area contributed by atoms with E-state index < -0.39 is 28.3 Å². The zero-order valence-corrected chi connectivity index (χ0v) is 20.1. The number of alkyl halides is 1. The number of carbonyl (C=O) groups is 1. The van der Waals surface area contributed by atoms with Crippen LogP contribution in [0.5, 0.6) is 0 Å². The fourth-order valence-electron chi connectivity index (χ4n) is 6.11. The molecule has 3 saturated carbocycles. The second-order valence-corrected chi connectivity index (χ2v) is 11.1. The second kappa shape index (κ2) is 7.03. The Kier molecular flexibility index (Phi) is 4.05. The summed E-state index contributed by atoms with van der Waals surface area (Å²) in [6, 6.07) is 7.80. The number of amides is 1. The van der Waals surface area contributed by atoms with Gasteiger partial charge < -0.3 is 9.88 Å². The number of halogens is 2. The summed E-state index contributed by atoms with van der Waals surface area (Å²) in [5, 5.41) is 4.25. The standard InChI is InChI=1S/C27H22F2N6O3/c28-21-11-30-22-16(9-19(33-35(21)22)17-10-31-25(38)32-23(17)36)15-8-14(15)13-1-2-18-20(7-13)34(12-26(29)3-4-26)24(37)27(18)5-6-27/h1-2,7,9-11,14-15H,3-6,8,12H2,(H2,31,32,36,38)/t14-,15?/m1/s1. The van der Waals surface area contributed by atoms with Crippen molar-refractivity contribution in [2.24, 2.45) is 0 Å². The smallest absolute Gasteiger partial charge is 0.313 e. The van der Waals surface area contributed by atoms with Crippen LogP contribution in [0, 0.1) is 5.95 Å². The highest BCUT2D eigenvalue weighted by molar-refractivity contribution is 6.10. The van der Waals surface area contributed by atoms with Crippen molar-refractivity contribution >= 4 is 17.2 Å². The number of nitrogens with zero attached hydrogens (tertiary/aromatic N) is 4. The number of anilines is 1. The van der Waals surface area contributed by atoms with Gasteiger partial charge in [0.25, 0.3) is 5.56 Å². The first-order valence-electron chi connectivity index (χ1n) is 12.8. The van der Waals surface area contributed by atoms with Crippen LogP contribution in [-0.2, 0) is 10.2 Å². The van der Waals surface area contributed by atoms with Gasteiger partial charge in [0.1, 0.15) is 5.67 Å². The Bertz CT molecular complexity index is 1820. The van der Waals surface area contributed by atoms with E-state index in [4.69, 9.17) is 0 Å². The number of imidazole rings is 1. The Hall–Kier alpha value is -4.15. The van der Waals surface area contributed by atoms with Crippen LogP contribution in [0.15, 0.2) is 46.2 Å². The molecule has 38 heavy (non-hydrogen) atoms. The fraction of sp³-hybridized carbons (Fsp3) is 0.370. The molecule has 2 N–H and O–H groups in total. The van der Waals surface area contributed by atoms with Crippen molar-refractivity contribution in [3.63, 3.8) is 0 Å². The van der Waals surface area contributed by atoms with Gasteiger partial charge in [-0.15, -0.1) is 0 Å². The molecule has 4 aliphatic rings. The van der Waals surface area contributed by atoms with Crippen LogP contribution >= 0.6 is 0 Å². The summed E-state index contributed by atoms with van der Waals surface area (Å²) in [6.45, 7) is 0.105. The Morgan fingerprint density at radius 3 is 2.63 bits per heavy atom. The maximum absolute atomic E-state index is 14.7. The number of rotatable bonds is 5. The number of nitrogens with one attached hydrogen (secondary N) is 2. The van der Waals surface area contributed by atoms with Gasteiger partial charge in [-0.1, -0.05) is 12.1 Å². The predicted molar refractivity (Wildman–Crippen MR) is 133 cm³/mol. The van der Waals surface area contributed by atoms with Crippen LogP contribution in [0.2, 0.25) is 0 Å². The van der Waals surface area contributed by atoms with E-state index in [2.05, 4.69) is 20.1 Å². The monoisotopic (exact) mass is 516 g/mol. The molecule has 1 spiro atoms. The molecule has 0 bridgehead atoms. The lowest BCUT2D eigenvalue weighted by Gasteiger charge is -2.20. The van der Waals surface area contributed by atoms with Crippen LogP contribution in [0.4, 0.5) is 14.5 Å². The van der Waals surface area contributed by atoms with Crippen LogP contribution in [0.25, 0.3) is 16.9 Å². The Morgan fingerprint density at radius 2 is 1.89 bits per heavy atom. The zero-order valence-electron chi connectivity index (χ0n) is 20.1. The van der Waals surface area contributed by atoms with Crippen molar-refractivity contribution in [2.75, 3.05) is 11.4 Å². The molecule has 0 radical (unpaired) electrons. The van der Waals surface area contributed by atoms with E-state index in [9.17, 15) is 23.2 Å². The first kappa shape index (κ1) is 21.9. The summed E-state index contributed by atoms with van der Waals surface area (Å²) in [7, 11) is 0. The maximum Gasteiger partial charge on any atom is 0.325 e. The lowest BCUT2D eigenvalue weighted by Crippen LogP contribution is -2.37. The molecule has 1 aromatic carbocycles. The molecule has 1 unspecified atom stereocenters. The highest BCUT2D eigenvalue weighted by Gasteiger charge is 2.61. The minimum Gasteiger partial charge on any atom is -0.313 e. The van der Waals surface area contributed by atoms with Gasteiger partial charge in [0.05, 0.1) is 29.4 Å². The zero-order chi connectivity index (χ0) is 26.0. The summed E-state index contributed by atoms with van der Waals surface area (Å²) in [5.41, 5.74) is 1.22. The first-order chi connectivity index (χ1) is 18.3. The summed E-state index contributed by atoms with van der Waals surface area (Å²) >= 11 is 0. The highest BCUT2D eigenvalue weighted by Crippen LogP contribution is 2.61. The van der Waals surface area contributed by atoms with Crippen molar-refractivity contribution in [3.8, 4) is 11.3 Å². The molecule has 3 aromatic heterocycles. The van der Waals surface area contributed by atoms with Gasteiger partial charge in [-0.05, 0) is 67.2 Å². The first-order valence-corrected chi connectivity index (χ1v) is 12.8. The molecule has 8 rings (SSSR count). The summed E-state index contributed by atoms with van der Waals surface area (Å²) in [5.74, 6) is -0.582. The number of benzene rings is 1. The average Bonchev–Trinajstić information content (AvgIpc) is 3.81. The minimum atomic E-state index is -1.28. The van der Waals surface area contributed by atoms with Gasteiger partial charge >= 0.3 is 5.69 Å². The summed E-state index contributed by atoms with van der Waals surface area (Å²) in [6.07, 6.45) is 5.69. The molecule has 1 amide bonds. The molecule has 1 aliphatic heterocycles. The third-order valence-corrected chi connectivity index (χ3v) is 8.63. The maximum atomic E-state index is 14.7. The van der Waals surface area contributed by atoms with E-state index in [-0.39, 0.29) is 35.5 Å². The second-order valence-electron chi connectivity index (χ2n) is 11.1. The minimum absolute atomic E-state index is 0.0143. The molecule has 0 saturated heterocycles. The van der Waals surface area contributed by atoms with Crippen molar-refractivity contribution in [1.29, 1.82) is 0 Å². The number of fused-ring (bicyclic) bond motifs is 3. The van der Waals surface area contributed by atoms with E-state index in [1.165, 1.54) is 6.20 Å². The lowest BCUT2D eigenvalue weighted by atomic mass is 9.95. The van der Waals surface area contributed by atoms with Gasteiger partial charge in [0, 0.05) is 17.4 Å². The fourth-order valence-corrected chi connectivity index (χ4v) is 6.11. The number of hydrogen-bond donors (Lipinski definition) is 2. The van der Waals surface area contributed by atoms with Crippen LogP contribution in [0.3, 0.4) is 0 Å². The number of hydrogen-bond acceptors (Lipinski definition) is 5. The third kappa shape index (κ3) is 3.04. The van der Waals surface area contributed by atoms with Crippen molar-refractivity contribution in [1.82, 2.24) is 24.6 Å². The summed E-state index contributed by atoms with van der Waals surface area (Å²) < 4.78 is 30.4. The molecular formula is C27H22F2N6O3. The van der Waals surface area contributed by atoms with Crippen LogP contribution in [0.1, 0.15) is 60.6 Å². The molecule has 9 nitrogen and oxygen atoms in total.